The molecule has 0 atom stereocenters. The minimum absolute atomic E-state index is 0.475. The molecule has 0 aromatic heterocycles. The van der Waals surface area contributed by atoms with Crippen LogP contribution in [0, 0.1) is 0 Å². The third kappa shape index (κ3) is 9.81. The molecule has 122 valence electrons. The highest BCUT2D eigenvalue weighted by Crippen LogP contribution is 2.17. The van der Waals surface area contributed by atoms with E-state index in [0.29, 0.717) is 52.8 Å². The molecule has 0 aliphatic carbocycles. The van der Waals surface area contributed by atoms with Crippen molar-refractivity contribution in [1.82, 2.24) is 0 Å². The first-order valence-corrected chi connectivity index (χ1v) is 9.45. The zero-order valence-corrected chi connectivity index (χ0v) is 14.2. The van der Waals surface area contributed by atoms with E-state index in [4.69, 9.17) is 28.5 Å². The molecule has 0 heterocycles. The van der Waals surface area contributed by atoms with Crippen LogP contribution < -0.4 is 5.73 Å². The summed E-state index contributed by atoms with van der Waals surface area (Å²) >= 11 is 0. The fraction of sp³-hybridized carbons (Fsp3) is 1.00. The highest BCUT2D eigenvalue weighted by atomic mass is 28.4. The molecule has 0 amide bonds. The molecular formula is C13H31NO5Si. The van der Waals surface area contributed by atoms with Crippen molar-refractivity contribution >= 4 is 8.80 Å². The van der Waals surface area contributed by atoms with Crippen molar-refractivity contribution in [2.24, 2.45) is 5.73 Å². The van der Waals surface area contributed by atoms with Gasteiger partial charge in [-0.15, -0.1) is 0 Å². The van der Waals surface area contributed by atoms with Gasteiger partial charge in [-0.25, -0.2) is 0 Å². The smallest absolute Gasteiger partial charge is 0.379 e. The zero-order valence-electron chi connectivity index (χ0n) is 13.2. The number of rotatable bonds is 15. The van der Waals surface area contributed by atoms with Crippen LogP contribution in [0.2, 0.25) is 6.04 Å². The lowest BCUT2D eigenvalue weighted by molar-refractivity contribution is 0.0143. The van der Waals surface area contributed by atoms with Gasteiger partial charge in [-0.1, -0.05) is 0 Å². The monoisotopic (exact) mass is 309 g/mol. The van der Waals surface area contributed by atoms with Crippen molar-refractivity contribution in [3.63, 3.8) is 0 Å². The van der Waals surface area contributed by atoms with Gasteiger partial charge in [0.05, 0.1) is 26.4 Å². The molecule has 7 heteroatoms. The van der Waals surface area contributed by atoms with Crippen LogP contribution in [-0.2, 0) is 22.8 Å². The van der Waals surface area contributed by atoms with Gasteiger partial charge >= 0.3 is 8.80 Å². The van der Waals surface area contributed by atoms with Gasteiger partial charge in [-0.05, 0) is 33.7 Å². The van der Waals surface area contributed by atoms with Gasteiger partial charge in [0.25, 0.3) is 0 Å². The Morgan fingerprint density at radius 1 is 0.750 bits per heavy atom. The predicted molar refractivity (Wildman–Crippen MR) is 80.7 cm³/mol. The topological polar surface area (TPSA) is 72.2 Å². The lowest BCUT2D eigenvalue weighted by Gasteiger charge is -2.28. The van der Waals surface area contributed by atoms with Crippen molar-refractivity contribution in [2.75, 3.05) is 52.8 Å². The van der Waals surface area contributed by atoms with Crippen LogP contribution in [0.4, 0.5) is 0 Å². The first-order valence-electron chi connectivity index (χ1n) is 7.52. The molecule has 0 aliphatic heterocycles. The summed E-state index contributed by atoms with van der Waals surface area (Å²) in [7, 11) is -2.58. The van der Waals surface area contributed by atoms with Crippen LogP contribution in [-0.4, -0.2) is 61.6 Å². The standard InChI is InChI=1S/C13H31NO5Si/c1-4-15-9-10-16-11-12-19-20(17-5-2,18-6-3)13-7-8-14/h4-14H2,1-3H3. The molecule has 0 radical (unpaired) electrons. The van der Waals surface area contributed by atoms with Crippen LogP contribution >= 0.6 is 0 Å². The molecule has 0 saturated heterocycles. The first-order chi connectivity index (χ1) is 9.74. The zero-order chi connectivity index (χ0) is 15.1. The van der Waals surface area contributed by atoms with E-state index < -0.39 is 8.80 Å². The molecule has 0 aliphatic rings. The SMILES string of the molecule is CCOCCOCCO[Si](CCCN)(OCC)OCC. The van der Waals surface area contributed by atoms with Gasteiger partial charge in [-0.3, -0.25) is 0 Å². The van der Waals surface area contributed by atoms with Crippen LogP contribution in [0.3, 0.4) is 0 Å². The van der Waals surface area contributed by atoms with Crippen molar-refractivity contribution in [1.29, 1.82) is 0 Å². The molecule has 0 saturated carbocycles. The molecule has 0 spiro atoms. The molecule has 0 aromatic carbocycles. The van der Waals surface area contributed by atoms with E-state index >= 15 is 0 Å². The van der Waals surface area contributed by atoms with Gasteiger partial charge in [0.1, 0.15) is 0 Å². The molecular weight excluding hydrogens is 278 g/mol. The summed E-state index contributed by atoms with van der Waals surface area (Å²) in [5.41, 5.74) is 5.57. The fourth-order valence-corrected chi connectivity index (χ4v) is 4.31. The Balaban J connectivity index is 3.99. The Bertz CT molecular complexity index is 203. The fourth-order valence-electron chi connectivity index (χ4n) is 1.72. The summed E-state index contributed by atoms with van der Waals surface area (Å²) in [5.74, 6) is 0. The van der Waals surface area contributed by atoms with Gasteiger partial charge in [-0.2, -0.15) is 0 Å². The van der Waals surface area contributed by atoms with Crippen molar-refractivity contribution in [3.8, 4) is 0 Å². The third-order valence-electron chi connectivity index (χ3n) is 2.54. The van der Waals surface area contributed by atoms with Crippen molar-refractivity contribution < 1.29 is 22.8 Å². The highest BCUT2D eigenvalue weighted by molar-refractivity contribution is 6.60. The molecule has 0 fully saturated rings. The van der Waals surface area contributed by atoms with Crippen LogP contribution in [0.15, 0.2) is 0 Å². The lowest BCUT2D eigenvalue weighted by atomic mass is 10.5. The van der Waals surface area contributed by atoms with Crippen LogP contribution in [0.1, 0.15) is 27.2 Å². The summed E-state index contributed by atoms with van der Waals surface area (Å²) in [4.78, 5) is 0. The molecule has 0 unspecified atom stereocenters. The van der Waals surface area contributed by atoms with E-state index in [1.165, 1.54) is 0 Å². The maximum atomic E-state index is 5.89. The van der Waals surface area contributed by atoms with Crippen LogP contribution in [0.5, 0.6) is 0 Å². The maximum Gasteiger partial charge on any atom is 0.501 e. The van der Waals surface area contributed by atoms with E-state index in [1.807, 2.05) is 20.8 Å². The molecule has 0 rings (SSSR count). The minimum Gasteiger partial charge on any atom is -0.379 e. The number of ether oxygens (including phenoxy) is 2. The summed E-state index contributed by atoms with van der Waals surface area (Å²) in [6, 6.07) is 0.754. The number of nitrogens with two attached hydrogens (primary N) is 1. The third-order valence-corrected chi connectivity index (χ3v) is 5.61. The molecule has 0 aromatic rings. The Hall–Kier alpha value is -0.0231. The molecule has 0 bridgehead atoms. The van der Waals surface area contributed by atoms with Gasteiger partial charge in [0.15, 0.2) is 0 Å². The Kier molecular flexibility index (Phi) is 13.9. The van der Waals surface area contributed by atoms with E-state index in [-0.39, 0.29) is 0 Å². The number of hydrogen-bond donors (Lipinski definition) is 1. The average Bonchev–Trinajstić information content (AvgIpc) is 2.45. The van der Waals surface area contributed by atoms with Crippen molar-refractivity contribution in [2.45, 2.75) is 33.2 Å². The number of hydrogen-bond acceptors (Lipinski definition) is 6. The maximum absolute atomic E-state index is 5.89. The van der Waals surface area contributed by atoms with E-state index in [9.17, 15) is 0 Å². The lowest BCUT2D eigenvalue weighted by Crippen LogP contribution is -2.47. The largest absolute Gasteiger partial charge is 0.501 e. The molecule has 20 heavy (non-hydrogen) atoms. The summed E-state index contributed by atoms with van der Waals surface area (Å²) in [6.45, 7) is 10.5. The molecule has 2 N–H and O–H groups in total. The van der Waals surface area contributed by atoms with Crippen LogP contribution in [0.25, 0.3) is 0 Å². The van der Waals surface area contributed by atoms with E-state index in [0.717, 1.165) is 12.5 Å². The second kappa shape index (κ2) is 13.9. The second-order valence-electron chi connectivity index (χ2n) is 4.10. The summed E-state index contributed by atoms with van der Waals surface area (Å²) in [5, 5.41) is 0. The average molecular weight is 309 g/mol. The Labute approximate surface area is 124 Å². The quantitative estimate of drug-likeness (QED) is 0.364. The predicted octanol–water partition coefficient (Wildman–Crippen LogP) is 1.42. The highest BCUT2D eigenvalue weighted by Gasteiger charge is 2.39. The Morgan fingerprint density at radius 3 is 1.90 bits per heavy atom. The molecule has 6 nitrogen and oxygen atoms in total. The normalized spacial score (nSPS) is 12.0. The first kappa shape index (κ1) is 20.0. The summed E-state index contributed by atoms with van der Waals surface area (Å²) in [6.07, 6.45) is 0.845. The van der Waals surface area contributed by atoms with Gasteiger partial charge in [0.2, 0.25) is 0 Å². The van der Waals surface area contributed by atoms with Crippen molar-refractivity contribution in [3.05, 3.63) is 0 Å². The summed E-state index contributed by atoms with van der Waals surface area (Å²) < 4.78 is 28.1. The Morgan fingerprint density at radius 2 is 1.35 bits per heavy atom. The van der Waals surface area contributed by atoms with E-state index in [2.05, 4.69) is 0 Å². The van der Waals surface area contributed by atoms with Gasteiger partial charge < -0.3 is 28.5 Å². The second-order valence-corrected chi connectivity index (χ2v) is 6.83. The minimum atomic E-state index is -2.58. The van der Waals surface area contributed by atoms with E-state index in [1.54, 1.807) is 0 Å². The van der Waals surface area contributed by atoms with Gasteiger partial charge in [0, 0.05) is 25.9 Å².